The van der Waals surface area contributed by atoms with Gasteiger partial charge in [-0.25, -0.2) is 13.1 Å². The lowest BCUT2D eigenvalue weighted by Crippen LogP contribution is -2.59. The molecule has 0 unspecified atom stereocenters. The molecule has 0 spiro atoms. The summed E-state index contributed by atoms with van der Waals surface area (Å²) < 4.78 is 27.2. The van der Waals surface area contributed by atoms with E-state index in [0.29, 0.717) is 17.1 Å². The summed E-state index contributed by atoms with van der Waals surface area (Å²) in [7, 11) is -3.37. The number of benzene rings is 1. The first kappa shape index (κ1) is 17.7. The highest BCUT2D eigenvalue weighted by Crippen LogP contribution is 2.20. The van der Waals surface area contributed by atoms with Crippen LogP contribution in [0.25, 0.3) is 0 Å². The van der Waals surface area contributed by atoms with Crippen LogP contribution in [0, 0.1) is 0 Å². The van der Waals surface area contributed by atoms with Gasteiger partial charge in [-0.2, -0.15) is 0 Å². The number of nitrogens with zero attached hydrogens (tertiary/aromatic N) is 2. The first-order valence-electron chi connectivity index (χ1n) is 8.21. The summed E-state index contributed by atoms with van der Waals surface area (Å²) in [6, 6.07) is 6.69. The lowest BCUT2D eigenvalue weighted by Gasteiger charge is -2.38. The monoisotopic (exact) mass is 371 g/mol. The first-order chi connectivity index (χ1) is 11.5. The number of nitrogens with one attached hydrogen (secondary N) is 1. The van der Waals surface area contributed by atoms with Crippen LogP contribution in [0.2, 0.25) is 5.02 Å². The van der Waals surface area contributed by atoms with Crippen molar-refractivity contribution in [3.05, 3.63) is 34.9 Å². The van der Waals surface area contributed by atoms with E-state index in [1.165, 1.54) is 17.7 Å². The lowest BCUT2D eigenvalue weighted by atomic mass is 10.1. The molecule has 1 amide bonds. The Labute approximate surface area is 147 Å². The minimum absolute atomic E-state index is 0.180. The number of rotatable bonds is 6. The van der Waals surface area contributed by atoms with E-state index in [2.05, 4.69) is 9.62 Å². The van der Waals surface area contributed by atoms with E-state index in [9.17, 15) is 13.2 Å². The molecule has 2 aliphatic heterocycles. The molecular weight excluding hydrogens is 350 g/mol. The van der Waals surface area contributed by atoms with E-state index in [0.717, 1.165) is 19.6 Å². The zero-order chi connectivity index (χ0) is 17.2. The summed E-state index contributed by atoms with van der Waals surface area (Å²) in [5, 5.41) is -0.0339. The molecule has 0 saturated carbocycles. The quantitative estimate of drug-likeness (QED) is 0.815. The van der Waals surface area contributed by atoms with E-state index in [4.69, 9.17) is 11.6 Å². The average molecular weight is 372 g/mol. The van der Waals surface area contributed by atoms with Gasteiger partial charge in [0.05, 0.1) is 0 Å². The molecule has 0 bridgehead atoms. The third kappa shape index (κ3) is 4.08. The number of halogens is 1. The van der Waals surface area contributed by atoms with Gasteiger partial charge < -0.3 is 9.80 Å². The van der Waals surface area contributed by atoms with Crippen molar-refractivity contribution in [3.63, 3.8) is 0 Å². The highest BCUT2D eigenvalue weighted by atomic mass is 35.5. The Morgan fingerprint density at radius 2 is 1.96 bits per heavy atom. The van der Waals surface area contributed by atoms with Crippen molar-refractivity contribution in [3.8, 4) is 0 Å². The normalized spacial score (nSPS) is 19.5. The van der Waals surface area contributed by atoms with Gasteiger partial charge in [0, 0.05) is 36.8 Å². The summed E-state index contributed by atoms with van der Waals surface area (Å²) in [5.74, 6) is -0.180. The van der Waals surface area contributed by atoms with Crippen molar-refractivity contribution in [2.75, 3.05) is 39.3 Å². The molecule has 0 aromatic heterocycles. The van der Waals surface area contributed by atoms with E-state index in [-0.39, 0.29) is 19.0 Å². The molecule has 1 aromatic carbocycles. The SMILES string of the molecule is O=C(c1cccc(Cl)c1)N1CC(S(=O)(=O)NCCN2CCCC2)C1. The van der Waals surface area contributed by atoms with Crippen LogP contribution in [-0.2, 0) is 10.0 Å². The topological polar surface area (TPSA) is 69.7 Å². The molecule has 132 valence electrons. The number of hydrogen-bond donors (Lipinski definition) is 1. The molecule has 0 radical (unpaired) electrons. The number of carbonyl (C=O) groups excluding carboxylic acids is 1. The maximum atomic E-state index is 12.3. The van der Waals surface area contributed by atoms with Gasteiger partial charge in [-0.15, -0.1) is 0 Å². The van der Waals surface area contributed by atoms with Crippen LogP contribution in [0.4, 0.5) is 0 Å². The van der Waals surface area contributed by atoms with Crippen LogP contribution < -0.4 is 4.72 Å². The average Bonchev–Trinajstić information content (AvgIpc) is 2.98. The zero-order valence-electron chi connectivity index (χ0n) is 13.4. The van der Waals surface area contributed by atoms with E-state index >= 15 is 0 Å². The van der Waals surface area contributed by atoms with E-state index < -0.39 is 15.3 Å². The smallest absolute Gasteiger partial charge is 0.253 e. The van der Waals surface area contributed by atoms with Crippen LogP contribution in [0.1, 0.15) is 23.2 Å². The summed E-state index contributed by atoms with van der Waals surface area (Å²) in [6.07, 6.45) is 2.38. The highest BCUT2D eigenvalue weighted by Gasteiger charge is 2.39. The molecule has 2 aliphatic rings. The molecule has 1 N–H and O–H groups in total. The fraction of sp³-hybridized carbons (Fsp3) is 0.562. The minimum Gasteiger partial charge on any atom is -0.336 e. The first-order valence-corrected chi connectivity index (χ1v) is 10.1. The Kier molecular flexibility index (Phi) is 5.44. The molecule has 0 aliphatic carbocycles. The van der Waals surface area contributed by atoms with Gasteiger partial charge in [0.25, 0.3) is 5.91 Å². The van der Waals surface area contributed by atoms with Gasteiger partial charge >= 0.3 is 0 Å². The number of amides is 1. The minimum atomic E-state index is -3.37. The summed E-state index contributed by atoms with van der Waals surface area (Å²) in [4.78, 5) is 16.1. The van der Waals surface area contributed by atoms with Gasteiger partial charge in [-0.3, -0.25) is 4.79 Å². The Balaban J connectivity index is 1.47. The molecular formula is C16H22ClN3O3S. The number of sulfonamides is 1. The molecule has 1 aromatic rings. The van der Waals surface area contributed by atoms with Crippen molar-refractivity contribution in [2.24, 2.45) is 0 Å². The van der Waals surface area contributed by atoms with E-state index in [1.807, 2.05) is 0 Å². The fourth-order valence-corrected chi connectivity index (χ4v) is 4.63. The van der Waals surface area contributed by atoms with Crippen LogP contribution in [0.3, 0.4) is 0 Å². The van der Waals surface area contributed by atoms with Gasteiger partial charge in [-0.05, 0) is 44.1 Å². The summed E-state index contributed by atoms with van der Waals surface area (Å²) in [6.45, 7) is 3.73. The molecule has 0 atom stereocenters. The lowest BCUT2D eigenvalue weighted by molar-refractivity contribution is 0.0658. The number of hydrogen-bond acceptors (Lipinski definition) is 4. The van der Waals surface area contributed by atoms with Crippen molar-refractivity contribution in [1.82, 2.24) is 14.5 Å². The Hall–Kier alpha value is -1.15. The van der Waals surface area contributed by atoms with Gasteiger partial charge in [0.15, 0.2) is 0 Å². The van der Waals surface area contributed by atoms with Crippen molar-refractivity contribution >= 4 is 27.5 Å². The maximum Gasteiger partial charge on any atom is 0.253 e. The van der Waals surface area contributed by atoms with Gasteiger partial charge in [0.1, 0.15) is 5.25 Å². The van der Waals surface area contributed by atoms with Crippen LogP contribution in [-0.4, -0.2) is 68.6 Å². The van der Waals surface area contributed by atoms with Crippen molar-refractivity contribution in [2.45, 2.75) is 18.1 Å². The van der Waals surface area contributed by atoms with Crippen molar-refractivity contribution in [1.29, 1.82) is 0 Å². The second-order valence-corrected chi connectivity index (χ2v) is 8.81. The molecule has 6 nitrogen and oxygen atoms in total. The third-order valence-electron chi connectivity index (χ3n) is 4.58. The Morgan fingerprint density at radius 3 is 2.62 bits per heavy atom. The number of carbonyl (C=O) groups is 1. The predicted molar refractivity (Wildman–Crippen MR) is 93.7 cm³/mol. The van der Waals surface area contributed by atoms with Crippen LogP contribution in [0.5, 0.6) is 0 Å². The van der Waals surface area contributed by atoms with Crippen LogP contribution >= 0.6 is 11.6 Å². The second-order valence-electron chi connectivity index (χ2n) is 6.33. The highest BCUT2D eigenvalue weighted by molar-refractivity contribution is 7.90. The van der Waals surface area contributed by atoms with Crippen molar-refractivity contribution < 1.29 is 13.2 Å². The Morgan fingerprint density at radius 1 is 1.25 bits per heavy atom. The third-order valence-corrected chi connectivity index (χ3v) is 6.59. The molecule has 24 heavy (non-hydrogen) atoms. The molecule has 2 heterocycles. The van der Waals surface area contributed by atoms with Gasteiger partial charge in [-0.1, -0.05) is 17.7 Å². The molecule has 3 rings (SSSR count). The maximum absolute atomic E-state index is 12.3. The standard InChI is InChI=1S/C16H22ClN3O3S/c17-14-5-3-4-13(10-14)16(21)20-11-15(12-20)24(22,23)18-6-9-19-7-1-2-8-19/h3-5,10,15,18H,1-2,6-9,11-12H2. The zero-order valence-corrected chi connectivity index (χ0v) is 15.0. The molecule has 8 heteroatoms. The van der Waals surface area contributed by atoms with E-state index in [1.54, 1.807) is 24.3 Å². The summed E-state index contributed by atoms with van der Waals surface area (Å²) in [5.41, 5.74) is 0.486. The predicted octanol–water partition coefficient (Wildman–Crippen LogP) is 1.18. The molecule has 2 saturated heterocycles. The fourth-order valence-electron chi connectivity index (χ4n) is 3.07. The summed E-state index contributed by atoms with van der Waals surface area (Å²) >= 11 is 5.89. The Bertz CT molecular complexity index is 698. The van der Waals surface area contributed by atoms with Crippen LogP contribution in [0.15, 0.2) is 24.3 Å². The second kappa shape index (κ2) is 7.39. The molecule has 2 fully saturated rings. The number of likely N-dealkylation sites (tertiary alicyclic amines) is 2. The van der Waals surface area contributed by atoms with Gasteiger partial charge in [0.2, 0.25) is 10.0 Å². The largest absolute Gasteiger partial charge is 0.336 e.